The van der Waals surface area contributed by atoms with Crippen molar-refractivity contribution in [3.63, 3.8) is 0 Å². The Morgan fingerprint density at radius 1 is 1.00 bits per heavy atom. The fourth-order valence-electron chi connectivity index (χ4n) is 3.41. The summed E-state index contributed by atoms with van der Waals surface area (Å²) in [6.45, 7) is 0.419. The lowest BCUT2D eigenvalue weighted by Gasteiger charge is -2.33. The maximum absolute atomic E-state index is 12.1. The molecule has 0 atom stereocenters. The Bertz CT molecular complexity index is 369. The molecular weight excluding hydrogens is 260 g/mol. The van der Waals surface area contributed by atoms with Gasteiger partial charge in [-0.25, -0.2) is 13.1 Å². The minimum Gasteiger partial charge on any atom is -0.324 e. The van der Waals surface area contributed by atoms with Crippen molar-refractivity contribution in [1.82, 2.24) is 4.72 Å². The number of sulfonamides is 1. The van der Waals surface area contributed by atoms with Gasteiger partial charge in [0.25, 0.3) is 0 Å². The van der Waals surface area contributed by atoms with Crippen LogP contribution in [0.15, 0.2) is 0 Å². The summed E-state index contributed by atoms with van der Waals surface area (Å²) in [7, 11) is -3.15. The molecule has 3 N–H and O–H groups in total. The van der Waals surface area contributed by atoms with Crippen LogP contribution in [0.1, 0.15) is 64.2 Å². The molecule has 0 amide bonds. The van der Waals surface area contributed by atoms with Gasteiger partial charge in [0, 0.05) is 12.1 Å². The highest BCUT2D eigenvalue weighted by molar-refractivity contribution is 7.89. The average Bonchev–Trinajstić information content (AvgIpc) is 2.38. The fraction of sp³-hybridized carbons (Fsp3) is 1.00. The lowest BCUT2D eigenvalue weighted by molar-refractivity contribution is 0.295. The van der Waals surface area contributed by atoms with Gasteiger partial charge in [-0.05, 0) is 31.6 Å². The van der Waals surface area contributed by atoms with E-state index in [9.17, 15) is 8.42 Å². The van der Waals surface area contributed by atoms with Gasteiger partial charge in [0.15, 0.2) is 0 Å². The number of rotatable bonds is 5. The van der Waals surface area contributed by atoms with Gasteiger partial charge in [0.05, 0.1) is 5.75 Å². The van der Waals surface area contributed by atoms with Crippen LogP contribution in [-0.4, -0.2) is 26.3 Å². The first-order valence-corrected chi connectivity index (χ1v) is 9.41. The monoisotopic (exact) mass is 288 g/mol. The van der Waals surface area contributed by atoms with Crippen molar-refractivity contribution in [3.8, 4) is 0 Å². The molecule has 0 aromatic rings. The van der Waals surface area contributed by atoms with Crippen molar-refractivity contribution in [2.75, 3.05) is 12.3 Å². The normalized spacial score (nSPS) is 25.3. The highest BCUT2D eigenvalue weighted by atomic mass is 32.2. The number of hydrogen-bond acceptors (Lipinski definition) is 3. The zero-order chi connectivity index (χ0) is 13.8. The van der Waals surface area contributed by atoms with Crippen LogP contribution in [0.2, 0.25) is 0 Å². The Labute approximate surface area is 117 Å². The van der Waals surface area contributed by atoms with Gasteiger partial charge >= 0.3 is 0 Å². The minimum atomic E-state index is -3.15. The molecule has 0 radical (unpaired) electrons. The molecule has 0 saturated heterocycles. The second kappa shape index (κ2) is 6.55. The van der Waals surface area contributed by atoms with Gasteiger partial charge < -0.3 is 5.73 Å². The Morgan fingerprint density at radius 2 is 1.58 bits per heavy atom. The topological polar surface area (TPSA) is 72.2 Å². The van der Waals surface area contributed by atoms with E-state index in [-0.39, 0.29) is 5.54 Å². The van der Waals surface area contributed by atoms with Gasteiger partial charge in [0.2, 0.25) is 10.0 Å². The molecular formula is C14H28N2O2S. The summed E-state index contributed by atoms with van der Waals surface area (Å²) in [5, 5.41) is 0. The zero-order valence-corrected chi connectivity index (χ0v) is 12.7. The van der Waals surface area contributed by atoms with E-state index in [1.54, 1.807) is 0 Å². The predicted molar refractivity (Wildman–Crippen MR) is 78.4 cm³/mol. The van der Waals surface area contributed by atoms with E-state index in [1.165, 1.54) is 25.7 Å². The molecule has 0 aromatic heterocycles. The number of nitrogens with one attached hydrogen (secondary N) is 1. The highest BCUT2D eigenvalue weighted by Gasteiger charge is 2.29. The van der Waals surface area contributed by atoms with Crippen LogP contribution in [-0.2, 0) is 10.0 Å². The van der Waals surface area contributed by atoms with Crippen molar-refractivity contribution < 1.29 is 8.42 Å². The van der Waals surface area contributed by atoms with Gasteiger partial charge in [-0.1, -0.05) is 38.5 Å². The van der Waals surface area contributed by atoms with Crippen LogP contribution in [0.3, 0.4) is 0 Å². The van der Waals surface area contributed by atoms with Crippen LogP contribution in [0.5, 0.6) is 0 Å². The molecule has 2 fully saturated rings. The smallest absolute Gasteiger partial charge is 0.211 e. The largest absolute Gasteiger partial charge is 0.324 e. The summed E-state index contributed by atoms with van der Waals surface area (Å²) < 4.78 is 27.0. The Balaban J connectivity index is 1.79. The highest BCUT2D eigenvalue weighted by Crippen LogP contribution is 2.26. The molecule has 0 aliphatic heterocycles. The Kier molecular flexibility index (Phi) is 5.26. The molecule has 2 aliphatic carbocycles. The number of hydrogen-bond donors (Lipinski definition) is 2. The molecule has 0 bridgehead atoms. The fourth-order valence-corrected chi connectivity index (χ4v) is 4.99. The molecule has 0 heterocycles. The summed E-state index contributed by atoms with van der Waals surface area (Å²) in [6.07, 6.45) is 11.1. The van der Waals surface area contributed by atoms with E-state index in [0.717, 1.165) is 38.5 Å². The lowest BCUT2D eigenvalue weighted by atomic mass is 9.83. The van der Waals surface area contributed by atoms with E-state index in [4.69, 9.17) is 5.73 Å². The van der Waals surface area contributed by atoms with E-state index in [2.05, 4.69) is 4.72 Å². The number of nitrogens with two attached hydrogens (primary N) is 1. The van der Waals surface area contributed by atoms with E-state index in [1.807, 2.05) is 0 Å². The first-order chi connectivity index (χ1) is 8.99. The lowest BCUT2D eigenvalue weighted by Crippen LogP contribution is -2.51. The third-order valence-electron chi connectivity index (χ3n) is 4.67. The van der Waals surface area contributed by atoms with Crippen LogP contribution in [0, 0.1) is 5.92 Å². The van der Waals surface area contributed by atoms with Crippen LogP contribution in [0.25, 0.3) is 0 Å². The SMILES string of the molecule is NC1(CNS(=O)(=O)CC2CCCCC2)CCCCC1. The van der Waals surface area contributed by atoms with Crippen molar-refractivity contribution >= 4 is 10.0 Å². The molecule has 2 saturated carbocycles. The van der Waals surface area contributed by atoms with E-state index < -0.39 is 10.0 Å². The van der Waals surface area contributed by atoms with Gasteiger partial charge in [-0.15, -0.1) is 0 Å². The molecule has 19 heavy (non-hydrogen) atoms. The van der Waals surface area contributed by atoms with Crippen molar-refractivity contribution in [1.29, 1.82) is 0 Å². The minimum absolute atomic E-state index is 0.295. The van der Waals surface area contributed by atoms with Gasteiger partial charge in [0.1, 0.15) is 0 Å². The summed E-state index contributed by atoms with van der Waals surface area (Å²) in [4.78, 5) is 0. The quantitative estimate of drug-likeness (QED) is 0.814. The van der Waals surface area contributed by atoms with Gasteiger partial charge in [-0.2, -0.15) is 0 Å². The third-order valence-corrected chi connectivity index (χ3v) is 6.17. The van der Waals surface area contributed by atoms with Crippen molar-refractivity contribution in [2.45, 2.75) is 69.7 Å². The average molecular weight is 288 g/mol. The standard InChI is InChI=1S/C14H28N2O2S/c15-14(9-5-2-6-10-14)12-16-19(17,18)11-13-7-3-1-4-8-13/h13,16H,1-12,15H2. The van der Waals surface area contributed by atoms with Crippen molar-refractivity contribution in [3.05, 3.63) is 0 Å². The first-order valence-electron chi connectivity index (χ1n) is 7.75. The molecule has 2 aliphatic rings. The summed E-state index contributed by atoms with van der Waals surface area (Å²) in [5.41, 5.74) is 5.96. The molecule has 0 aromatic carbocycles. The molecule has 112 valence electrons. The Morgan fingerprint density at radius 3 is 2.21 bits per heavy atom. The molecule has 0 unspecified atom stereocenters. The molecule has 5 heteroatoms. The van der Waals surface area contributed by atoms with E-state index >= 15 is 0 Å². The summed E-state index contributed by atoms with van der Waals surface area (Å²) >= 11 is 0. The van der Waals surface area contributed by atoms with Crippen molar-refractivity contribution in [2.24, 2.45) is 11.7 Å². The molecule has 2 rings (SSSR count). The zero-order valence-electron chi connectivity index (χ0n) is 11.9. The maximum Gasteiger partial charge on any atom is 0.211 e. The van der Waals surface area contributed by atoms with Crippen LogP contribution >= 0.6 is 0 Å². The van der Waals surface area contributed by atoms with E-state index in [0.29, 0.717) is 18.2 Å². The third kappa shape index (κ3) is 5.04. The second-order valence-corrected chi connectivity index (χ2v) is 8.38. The van der Waals surface area contributed by atoms with Crippen LogP contribution < -0.4 is 10.5 Å². The predicted octanol–water partition coefficient (Wildman–Crippen LogP) is 2.15. The van der Waals surface area contributed by atoms with Crippen LogP contribution in [0.4, 0.5) is 0 Å². The maximum atomic E-state index is 12.1. The Hall–Kier alpha value is -0.130. The molecule has 0 spiro atoms. The molecule has 4 nitrogen and oxygen atoms in total. The first kappa shape index (κ1) is 15.3. The second-order valence-electron chi connectivity index (χ2n) is 6.53. The summed E-state index contributed by atoms with van der Waals surface area (Å²) in [5.74, 6) is 0.648. The van der Waals surface area contributed by atoms with Gasteiger partial charge in [-0.3, -0.25) is 0 Å². The summed E-state index contributed by atoms with van der Waals surface area (Å²) in [6, 6.07) is 0.